The Morgan fingerprint density at radius 1 is 1.40 bits per heavy atom. The lowest BCUT2D eigenvalue weighted by Crippen LogP contribution is -2.39. The summed E-state index contributed by atoms with van der Waals surface area (Å²) < 4.78 is 4.97. The fraction of sp³-hybridized carbons (Fsp3) is 0.688. The van der Waals surface area contributed by atoms with E-state index < -0.39 is 0 Å². The van der Waals surface area contributed by atoms with Gasteiger partial charge >= 0.3 is 0 Å². The number of amides is 1. The van der Waals surface area contributed by atoms with E-state index in [1.807, 2.05) is 11.9 Å². The third-order valence-corrected chi connectivity index (χ3v) is 4.74. The van der Waals surface area contributed by atoms with Crippen LogP contribution >= 0.6 is 0 Å². The number of hydrogen-bond acceptors (Lipinski definition) is 8. The Labute approximate surface area is 147 Å². The van der Waals surface area contributed by atoms with Gasteiger partial charge < -0.3 is 20.3 Å². The van der Waals surface area contributed by atoms with Crippen LogP contribution in [0.15, 0.2) is 0 Å². The van der Waals surface area contributed by atoms with Crippen molar-refractivity contribution in [1.29, 1.82) is 0 Å². The SMILES string of the molecule is COCC(=O)N1CCc2nc(N)nc(N(C)CC3CCNN3)c2CC1. The van der Waals surface area contributed by atoms with E-state index in [2.05, 4.69) is 25.7 Å². The Kier molecular flexibility index (Phi) is 5.67. The first-order valence-electron chi connectivity index (χ1n) is 8.70. The van der Waals surface area contributed by atoms with Gasteiger partial charge in [-0.25, -0.2) is 4.98 Å². The number of methoxy groups -OCH3 is 1. The Hall–Kier alpha value is -1.97. The summed E-state index contributed by atoms with van der Waals surface area (Å²) in [7, 11) is 3.57. The molecule has 3 heterocycles. The molecule has 9 nitrogen and oxygen atoms in total. The number of rotatable bonds is 5. The van der Waals surface area contributed by atoms with Crippen LogP contribution in [0.25, 0.3) is 0 Å². The maximum atomic E-state index is 12.1. The van der Waals surface area contributed by atoms with Gasteiger partial charge in [0.25, 0.3) is 0 Å². The highest BCUT2D eigenvalue weighted by Gasteiger charge is 2.25. The number of hydrazine groups is 1. The molecule has 9 heteroatoms. The molecule has 138 valence electrons. The van der Waals surface area contributed by atoms with Crippen LogP contribution in [-0.2, 0) is 22.4 Å². The predicted molar refractivity (Wildman–Crippen MR) is 95.1 cm³/mol. The second kappa shape index (κ2) is 7.94. The maximum absolute atomic E-state index is 12.1. The summed E-state index contributed by atoms with van der Waals surface area (Å²) >= 11 is 0. The highest BCUT2D eigenvalue weighted by atomic mass is 16.5. The van der Waals surface area contributed by atoms with Crippen molar-refractivity contribution in [2.24, 2.45) is 0 Å². The van der Waals surface area contributed by atoms with E-state index in [9.17, 15) is 4.79 Å². The van der Waals surface area contributed by atoms with Crippen LogP contribution in [-0.4, -0.2) is 73.8 Å². The van der Waals surface area contributed by atoms with Gasteiger partial charge in [-0.05, 0) is 12.8 Å². The molecule has 0 aromatic carbocycles. The summed E-state index contributed by atoms with van der Waals surface area (Å²) in [6, 6.07) is 0.377. The monoisotopic (exact) mass is 349 g/mol. The van der Waals surface area contributed by atoms with Crippen molar-refractivity contribution in [2.45, 2.75) is 25.3 Å². The van der Waals surface area contributed by atoms with Gasteiger partial charge in [0.2, 0.25) is 11.9 Å². The molecular weight excluding hydrogens is 322 g/mol. The first kappa shape index (κ1) is 17.8. The highest BCUT2D eigenvalue weighted by Crippen LogP contribution is 2.25. The van der Waals surface area contributed by atoms with Gasteiger partial charge in [0.05, 0.1) is 5.69 Å². The summed E-state index contributed by atoms with van der Waals surface area (Å²) in [4.78, 5) is 25.0. The van der Waals surface area contributed by atoms with Crippen LogP contribution in [0, 0.1) is 0 Å². The quantitative estimate of drug-likeness (QED) is 0.617. The number of likely N-dealkylation sites (N-methyl/N-ethyl adjacent to an activating group) is 1. The Morgan fingerprint density at radius 2 is 2.20 bits per heavy atom. The average Bonchev–Trinajstić information content (AvgIpc) is 2.99. The molecule has 3 rings (SSSR count). The maximum Gasteiger partial charge on any atom is 0.248 e. The lowest BCUT2D eigenvalue weighted by molar-refractivity contribution is -0.135. The molecule has 1 atom stereocenters. The lowest BCUT2D eigenvalue weighted by atomic mass is 10.1. The summed E-state index contributed by atoms with van der Waals surface area (Å²) in [5, 5.41) is 0. The second-order valence-electron chi connectivity index (χ2n) is 6.58. The average molecular weight is 349 g/mol. The molecule has 0 aliphatic carbocycles. The summed E-state index contributed by atoms with van der Waals surface area (Å²) in [6.45, 7) is 3.19. The largest absolute Gasteiger partial charge is 0.375 e. The molecule has 0 radical (unpaired) electrons. The number of fused-ring (bicyclic) bond motifs is 1. The highest BCUT2D eigenvalue weighted by molar-refractivity contribution is 5.77. The Bertz CT molecular complexity index is 619. The van der Waals surface area contributed by atoms with Crippen LogP contribution in [0.3, 0.4) is 0 Å². The number of anilines is 2. The summed E-state index contributed by atoms with van der Waals surface area (Å²) in [6.07, 6.45) is 2.48. The molecule has 25 heavy (non-hydrogen) atoms. The third-order valence-electron chi connectivity index (χ3n) is 4.74. The van der Waals surface area contributed by atoms with Crippen molar-refractivity contribution in [1.82, 2.24) is 25.7 Å². The number of hydrogen-bond donors (Lipinski definition) is 3. The molecule has 0 saturated carbocycles. The van der Waals surface area contributed by atoms with Crippen molar-refractivity contribution < 1.29 is 9.53 Å². The summed E-state index contributed by atoms with van der Waals surface area (Å²) in [5.41, 5.74) is 14.4. The van der Waals surface area contributed by atoms with E-state index in [0.717, 1.165) is 43.0 Å². The molecule has 2 aliphatic heterocycles. The van der Waals surface area contributed by atoms with Crippen LogP contribution in [0.5, 0.6) is 0 Å². The first-order chi connectivity index (χ1) is 12.1. The number of carbonyl (C=O) groups is 1. The van der Waals surface area contributed by atoms with Crippen molar-refractivity contribution in [2.75, 3.05) is 57.6 Å². The van der Waals surface area contributed by atoms with Gasteiger partial charge in [0, 0.05) is 58.4 Å². The second-order valence-corrected chi connectivity index (χ2v) is 6.58. The van der Waals surface area contributed by atoms with E-state index in [4.69, 9.17) is 10.5 Å². The van der Waals surface area contributed by atoms with E-state index in [1.165, 1.54) is 7.11 Å². The molecule has 1 fully saturated rings. The van der Waals surface area contributed by atoms with Crippen LogP contribution in [0.2, 0.25) is 0 Å². The van der Waals surface area contributed by atoms with E-state index in [1.54, 1.807) is 0 Å². The first-order valence-corrected chi connectivity index (χ1v) is 8.70. The molecular formula is C16H27N7O2. The molecule has 1 amide bonds. The van der Waals surface area contributed by atoms with Crippen molar-refractivity contribution >= 4 is 17.7 Å². The minimum atomic E-state index is 0.00683. The number of nitrogens with one attached hydrogen (secondary N) is 2. The van der Waals surface area contributed by atoms with Crippen LogP contribution < -0.4 is 21.5 Å². The van der Waals surface area contributed by atoms with Crippen molar-refractivity contribution in [3.05, 3.63) is 11.3 Å². The third kappa shape index (κ3) is 4.17. The molecule has 1 aromatic rings. The van der Waals surface area contributed by atoms with Crippen LogP contribution in [0.1, 0.15) is 17.7 Å². The van der Waals surface area contributed by atoms with Crippen LogP contribution in [0.4, 0.5) is 11.8 Å². The van der Waals surface area contributed by atoms with E-state index in [-0.39, 0.29) is 18.5 Å². The zero-order chi connectivity index (χ0) is 17.8. The Balaban J connectivity index is 1.78. The molecule has 0 bridgehead atoms. The van der Waals surface area contributed by atoms with Gasteiger partial charge in [-0.2, -0.15) is 4.98 Å². The van der Waals surface area contributed by atoms with Gasteiger partial charge in [-0.1, -0.05) is 0 Å². The van der Waals surface area contributed by atoms with E-state index >= 15 is 0 Å². The molecule has 1 aromatic heterocycles. The fourth-order valence-corrected chi connectivity index (χ4v) is 3.47. The minimum Gasteiger partial charge on any atom is -0.375 e. The standard InChI is InChI=1S/C16H27N7O2/c1-22(9-11-3-6-18-21-11)15-12-4-7-23(14(24)10-25-2)8-5-13(12)19-16(17)20-15/h11,18,21H,3-10H2,1-2H3,(H2,17,19,20). The van der Waals surface area contributed by atoms with Crippen molar-refractivity contribution in [3.8, 4) is 0 Å². The predicted octanol–water partition coefficient (Wildman–Crippen LogP) is -1.06. The number of nitrogens with zero attached hydrogens (tertiary/aromatic N) is 4. The zero-order valence-electron chi connectivity index (χ0n) is 14.9. The number of nitrogen functional groups attached to an aromatic ring is 1. The minimum absolute atomic E-state index is 0.00683. The normalized spacial score (nSPS) is 20.2. The molecule has 2 aliphatic rings. The number of nitrogens with two attached hydrogens (primary N) is 1. The van der Waals surface area contributed by atoms with Gasteiger partial charge in [-0.3, -0.25) is 15.6 Å². The molecule has 0 spiro atoms. The molecule has 4 N–H and O–H groups in total. The fourth-order valence-electron chi connectivity index (χ4n) is 3.47. The van der Waals surface area contributed by atoms with E-state index in [0.29, 0.717) is 25.6 Å². The molecule has 1 saturated heterocycles. The van der Waals surface area contributed by atoms with Gasteiger partial charge in [0.1, 0.15) is 12.4 Å². The Morgan fingerprint density at radius 3 is 2.92 bits per heavy atom. The number of aromatic nitrogens is 2. The summed E-state index contributed by atoms with van der Waals surface area (Å²) in [5.74, 6) is 1.17. The zero-order valence-corrected chi connectivity index (χ0v) is 14.9. The molecule has 1 unspecified atom stereocenters. The number of ether oxygens (including phenoxy) is 1. The lowest BCUT2D eigenvalue weighted by Gasteiger charge is -2.25. The topological polar surface area (TPSA) is 109 Å². The van der Waals surface area contributed by atoms with Crippen molar-refractivity contribution in [3.63, 3.8) is 0 Å². The van der Waals surface area contributed by atoms with Gasteiger partial charge in [-0.15, -0.1) is 0 Å². The number of carbonyl (C=O) groups excluding carboxylic acids is 1. The van der Waals surface area contributed by atoms with Gasteiger partial charge in [0.15, 0.2) is 0 Å². The smallest absolute Gasteiger partial charge is 0.248 e.